The largest absolute Gasteiger partial charge is 0.492 e. The molecule has 4 rings (SSSR count). The lowest BCUT2D eigenvalue weighted by atomic mass is 10.1. The van der Waals surface area contributed by atoms with Crippen molar-refractivity contribution in [1.82, 2.24) is 4.57 Å². The van der Waals surface area contributed by atoms with E-state index in [4.69, 9.17) is 16.3 Å². The van der Waals surface area contributed by atoms with Gasteiger partial charge in [-0.05, 0) is 49.4 Å². The summed E-state index contributed by atoms with van der Waals surface area (Å²) < 4.78 is 7.06. The van der Waals surface area contributed by atoms with Gasteiger partial charge in [0.1, 0.15) is 5.75 Å². The molecule has 0 saturated heterocycles. The third-order valence-electron chi connectivity index (χ3n) is 4.71. The molecule has 4 aromatic rings. The van der Waals surface area contributed by atoms with Gasteiger partial charge in [0, 0.05) is 27.7 Å². The number of carbonyl (C=O) groups is 1. The van der Waals surface area contributed by atoms with Crippen LogP contribution in [0.3, 0.4) is 0 Å². The molecule has 5 nitrogen and oxygen atoms in total. The molecule has 0 aliphatic rings. The van der Waals surface area contributed by atoms with Crippen molar-refractivity contribution >= 4 is 34.0 Å². The summed E-state index contributed by atoms with van der Waals surface area (Å²) in [5, 5.41) is 4.52. The fourth-order valence-corrected chi connectivity index (χ4v) is 3.43. The number of anilines is 1. The average molecular weight is 419 g/mol. The Bertz CT molecular complexity index is 1280. The van der Waals surface area contributed by atoms with Crippen LogP contribution >= 0.6 is 11.6 Å². The summed E-state index contributed by atoms with van der Waals surface area (Å²) in [6.45, 7) is 2.37. The third kappa shape index (κ3) is 3.80. The number of hydrogen-bond donors (Lipinski definition) is 1. The monoisotopic (exact) mass is 418 g/mol. The van der Waals surface area contributed by atoms with Crippen molar-refractivity contribution in [1.29, 1.82) is 0 Å². The molecule has 0 bridgehead atoms. The minimum atomic E-state index is -0.332. The van der Waals surface area contributed by atoms with E-state index in [2.05, 4.69) is 5.32 Å². The van der Waals surface area contributed by atoms with Crippen LogP contribution in [-0.4, -0.2) is 17.1 Å². The Labute approximate surface area is 178 Å². The van der Waals surface area contributed by atoms with Crippen LogP contribution in [0.2, 0.25) is 5.02 Å². The molecule has 0 atom stereocenters. The molecule has 3 aromatic carbocycles. The second-order valence-corrected chi connectivity index (χ2v) is 7.06. The van der Waals surface area contributed by atoms with E-state index >= 15 is 0 Å². The summed E-state index contributed by atoms with van der Waals surface area (Å²) in [5.41, 5.74) is 1.36. The van der Waals surface area contributed by atoms with E-state index in [1.165, 1.54) is 4.57 Å². The van der Waals surface area contributed by atoms with E-state index in [0.717, 1.165) is 0 Å². The van der Waals surface area contributed by atoms with Gasteiger partial charge in [-0.1, -0.05) is 41.9 Å². The SMILES string of the molecule is CCOc1ccccc1NC(=O)c1cn(-c2ccc(Cl)cc2)c(=O)c2ccccc12. The number of nitrogens with one attached hydrogen (secondary N) is 1. The number of pyridine rings is 1. The van der Waals surface area contributed by atoms with Gasteiger partial charge in [0.15, 0.2) is 0 Å². The molecular weight excluding hydrogens is 400 g/mol. The number of rotatable bonds is 5. The standard InChI is InChI=1S/C24H19ClN2O3/c1-2-30-22-10-6-5-9-21(22)26-23(28)20-15-27(17-13-11-16(25)12-14-17)24(29)19-8-4-3-7-18(19)20/h3-15H,2H2,1H3,(H,26,28). The van der Waals surface area contributed by atoms with Crippen molar-refractivity contribution < 1.29 is 9.53 Å². The average Bonchev–Trinajstić information content (AvgIpc) is 2.76. The molecular formula is C24H19ClN2O3. The Balaban J connectivity index is 1.84. The Morgan fingerprint density at radius 3 is 2.37 bits per heavy atom. The lowest BCUT2D eigenvalue weighted by Gasteiger charge is -2.14. The first-order valence-corrected chi connectivity index (χ1v) is 9.90. The fourth-order valence-electron chi connectivity index (χ4n) is 3.31. The highest BCUT2D eigenvalue weighted by Gasteiger charge is 2.17. The normalized spacial score (nSPS) is 10.7. The van der Waals surface area contributed by atoms with Gasteiger partial charge < -0.3 is 10.1 Å². The van der Waals surface area contributed by atoms with E-state index in [-0.39, 0.29) is 11.5 Å². The molecule has 1 amide bonds. The quantitative estimate of drug-likeness (QED) is 0.478. The molecule has 150 valence electrons. The molecule has 0 fully saturated rings. The van der Waals surface area contributed by atoms with Crippen LogP contribution in [0.4, 0.5) is 5.69 Å². The van der Waals surface area contributed by atoms with Crippen molar-refractivity contribution in [2.45, 2.75) is 6.92 Å². The second kappa shape index (κ2) is 8.43. The van der Waals surface area contributed by atoms with E-state index in [9.17, 15) is 9.59 Å². The lowest BCUT2D eigenvalue weighted by Crippen LogP contribution is -2.22. The second-order valence-electron chi connectivity index (χ2n) is 6.62. The van der Waals surface area contributed by atoms with Crippen LogP contribution in [0.15, 0.2) is 83.8 Å². The van der Waals surface area contributed by atoms with Gasteiger partial charge in [-0.2, -0.15) is 0 Å². The topological polar surface area (TPSA) is 60.3 Å². The Morgan fingerprint density at radius 1 is 0.967 bits per heavy atom. The molecule has 0 spiro atoms. The lowest BCUT2D eigenvalue weighted by molar-refractivity contribution is 0.102. The first kappa shape index (κ1) is 19.7. The minimum Gasteiger partial charge on any atom is -0.492 e. The van der Waals surface area contributed by atoms with Crippen molar-refractivity contribution in [3.63, 3.8) is 0 Å². The summed E-state index contributed by atoms with van der Waals surface area (Å²) in [7, 11) is 0. The number of carbonyl (C=O) groups excluding carboxylic acids is 1. The van der Waals surface area contributed by atoms with Gasteiger partial charge in [0.2, 0.25) is 0 Å². The molecule has 0 radical (unpaired) electrons. The van der Waals surface area contributed by atoms with Crippen LogP contribution in [-0.2, 0) is 0 Å². The summed E-state index contributed by atoms with van der Waals surface area (Å²) in [6.07, 6.45) is 1.56. The number of benzene rings is 3. The molecule has 1 N–H and O–H groups in total. The zero-order valence-corrected chi connectivity index (χ0v) is 17.0. The number of nitrogens with zero attached hydrogens (tertiary/aromatic N) is 1. The van der Waals surface area contributed by atoms with Crippen LogP contribution in [0.25, 0.3) is 16.5 Å². The maximum atomic E-state index is 13.2. The van der Waals surface area contributed by atoms with Crippen LogP contribution in [0.5, 0.6) is 5.75 Å². The number of para-hydroxylation sites is 2. The van der Waals surface area contributed by atoms with Crippen molar-refractivity contribution in [2.75, 3.05) is 11.9 Å². The summed E-state index contributed by atoms with van der Waals surface area (Å²) in [6, 6.07) is 21.2. The molecule has 0 aliphatic heterocycles. The molecule has 0 aliphatic carbocycles. The smallest absolute Gasteiger partial charge is 0.262 e. The highest BCUT2D eigenvalue weighted by Crippen LogP contribution is 2.26. The maximum absolute atomic E-state index is 13.2. The molecule has 6 heteroatoms. The van der Waals surface area contributed by atoms with E-state index in [1.807, 2.05) is 19.1 Å². The first-order valence-electron chi connectivity index (χ1n) is 9.52. The number of fused-ring (bicyclic) bond motifs is 1. The highest BCUT2D eigenvalue weighted by atomic mass is 35.5. The number of ether oxygens (including phenoxy) is 1. The number of halogens is 1. The number of aromatic nitrogens is 1. The van der Waals surface area contributed by atoms with Crippen molar-refractivity contribution in [2.24, 2.45) is 0 Å². The Morgan fingerprint density at radius 2 is 1.63 bits per heavy atom. The number of amides is 1. The van der Waals surface area contributed by atoms with Gasteiger partial charge in [0.05, 0.1) is 17.9 Å². The first-order chi connectivity index (χ1) is 14.6. The zero-order valence-electron chi connectivity index (χ0n) is 16.3. The highest BCUT2D eigenvalue weighted by molar-refractivity contribution is 6.30. The predicted octanol–water partition coefficient (Wildman–Crippen LogP) is 5.30. The summed E-state index contributed by atoms with van der Waals surface area (Å²) in [5.74, 6) is 0.254. The van der Waals surface area contributed by atoms with E-state index in [1.54, 1.807) is 66.9 Å². The summed E-state index contributed by atoms with van der Waals surface area (Å²) in [4.78, 5) is 26.3. The fraction of sp³-hybridized carbons (Fsp3) is 0.0833. The Kier molecular flexibility index (Phi) is 5.55. The van der Waals surface area contributed by atoms with Crippen LogP contribution < -0.4 is 15.6 Å². The van der Waals surface area contributed by atoms with E-state index in [0.29, 0.717) is 45.1 Å². The molecule has 0 saturated carbocycles. The summed E-state index contributed by atoms with van der Waals surface area (Å²) >= 11 is 5.98. The zero-order chi connectivity index (χ0) is 21.1. The predicted molar refractivity (Wildman–Crippen MR) is 120 cm³/mol. The van der Waals surface area contributed by atoms with Crippen LogP contribution in [0, 0.1) is 0 Å². The minimum absolute atomic E-state index is 0.209. The van der Waals surface area contributed by atoms with Gasteiger partial charge in [-0.25, -0.2) is 0 Å². The molecule has 0 unspecified atom stereocenters. The molecule has 1 heterocycles. The van der Waals surface area contributed by atoms with Crippen molar-refractivity contribution in [3.8, 4) is 11.4 Å². The van der Waals surface area contributed by atoms with E-state index < -0.39 is 0 Å². The third-order valence-corrected chi connectivity index (χ3v) is 4.96. The Hall–Kier alpha value is -3.57. The van der Waals surface area contributed by atoms with Crippen LogP contribution in [0.1, 0.15) is 17.3 Å². The maximum Gasteiger partial charge on any atom is 0.262 e. The number of hydrogen-bond acceptors (Lipinski definition) is 3. The molecule has 1 aromatic heterocycles. The molecule has 30 heavy (non-hydrogen) atoms. The van der Waals surface area contributed by atoms with Gasteiger partial charge >= 0.3 is 0 Å². The van der Waals surface area contributed by atoms with Gasteiger partial charge in [-0.3, -0.25) is 14.2 Å². The van der Waals surface area contributed by atoms with Crippen molar-refractivity contribution in [3.05, 3.63) is 99.9 Å². The van der Waals surface area contributed by atoms with Gasteiger partial charge in [-0.15, -0.1) is 0 Å². The van der Waals surface area contributed by atoms with Gasteiger partial charge in [0.25, 0.3) is 11.5 Å².